The van der Waals surface area contributed by atoms with Crippen LogP contribution in [0.25, 0.3) is 0 Å². The third-order valence-corrected chi connectivity index (χ3v) is 7.43. The van der Waals surface area contributed by atoms with Crippen molar-refractivity contribution in [2.24, 2.45) is 0 Å². The van der Waals surface area contributed by atoms with Crippen molar-refractivity contribution in [3.8, 4) is 11.5 Å². The maximum atomic E-state index is 12.1. The average molecular weight is 495 g/mol. The standard InChI is InChI=1S/C30H42N2O4/c1-24-11-12-28(25(2)20-24)36-23-30(34)13-17-31(18-14-30)22-26-8-6-9-27(21-26)35-19-7-16-32-15-5-3-4-10-29(32)33/h6,8-9,11-12,20-21,34H,3-5,7,10,13-19,22-23H2,1-2H3. The summed E-state index contributed by atoms with van der Waals surface area (Å²) in [5.74, 6) is 2.02. The van der Waals surface area contributed by atoms with Crippen molar-refractivity contribution >= 4 is 5.91 Å². The van der Waals surface area contributed by atoms with Crippen molar-refractivity contribution in [3.05, 3.63) is 59.2 Å². The van der Waals surface area contributed by atoms with Crippen molar-refractivity contribution in [2.45, 2.75) is 70.9 Å². The average Bonchev–Trinajstić information content (AvgIpc) is 3.07. The van der Waals surface area contributed by atoms with Crippen LogP contribution in [0.5, 0.6) is 11.5 Å². The number of aryl methyl sites for hydroxylation is 2. The minimum atomic E-state index is -0.784. The number of carbonyl (C=O) groups is 1. The van der Waals surface area contributed by atoms with Gasteiger partial charge in [-0.3, -0.25) is 9.69 Å². The quantitative estimate of drug-likeness (QED) is 0.477. The molecule has 2 heterocycles. The lowest BCUT2D eigenvalue weighted by atomic mass is 9.92. The molecule has 1 N–H and O–H groups in total. The third kappa shape index (κ3) is 7.71. The summed E-state index contributed by atoms with van der Waals surface area (Å²) >= 11 is 0. The fraction of sp³-hybridized carbons (Fsp3) is 0.567. The number of aliphatic hydroxyl groups is 1. The highest BCUT2D eigenvalue weighted by Crippen LogP contribution is 2.27. The van der Waals surface area contributed by atoms with Gasteiger partial charge in [0.2, 0.25) is 5.91 Å². The molecule has 1 amide bonds. The van der Waals surface area contributed by atoms with Crippen LogP contribution in [0.15, 0.2) is 42.5 Å². The molecule has 2 fully saturated rings. The number of ether oxygens (including phenoxy) is 2. The Kier molecular flexibility index (Phi) is 9.27. The Morgan fingerprint density at radius 3 is 2.61 bits per heavy atom. The lowest BCUT2D eigenvalue weighted by Gasteiger charge is -2.38. The molecule has 0 bridgehead atoms. The molecule has 2 aliphatic heterocycles. The summed E-state index contributed by atoms with van der Waals surface area (Å²) in [6.07, 6.45) is 6.23. The molecule has 0 saturated carbocycles. The molecule has 2 saturated heterocycles. The summed E-state index contributed by atoms with van der Waals surface area (Å²) in [5, 5.41) is 11.1. The lowest BCUT2D eigenvalue weighted by molar-refractivity contribution is -0.130. The smallest absolute Gasteiger partial charge is 0.222 e. The van der Waals surface area contributed by atoms with Gasteiger partial charge in [0, 0.05) is 39.1 Å². The van der Waals surface area contributed by atoms with Gasteiger partial charge in [0.05, 0.1) is 6.61 Å². The van der Waals surface area contributed by atoms with Crippen LogP contribution in [0.3, 0.4) is 0 Å². The number of carbonyl (C=O) groups excluding carboxylic acids is 1. The highest BCUT2D eigenvalue weighted by molar-refractivity contribution is 5.76. The zero-order valence-electron chi connectivity index (χ0n) is 22.0. The van der Waals surface area contributed by atoms with Crippen molar-refractivity contribution in [3.63, 3.8) is 0 Å². The van der Waals surface area contributed by atoms with Crippen LogP contribution in [-0.4, -0.2) is 65.8 Å². The first-order chi connectivity index (χ1) is 17.4. The topological polar surface area (TPSA) is 62.2 Å². The molecule has 2 aromatic carbocycles. The van der Waals surface area contributed by atoms with Gasteiger partial charge in [0.15, 0.2) is 0 Å². The van der Waals surface area contributed by atoms with Crippen molar-refractivity contribution in [1.29, 1.82) is 0 Å². The van der Waals surface area contributed by atoms with Crippen LogP contribution in [0, 0.1) is 13.8 Å². The molecule has 196 valence electrons. The van der Waals surface area contributed by atoms with E-state index in [0.29, 0.717) is 38.4 Å². The molecule has 0 aromatic heterocycles. The molecule has 6 heteroatoms. The summed E-state index contributed by atoms with van der Waals surface area (Å²) in [6.45, 7) is 9.24. The molecule has 0 unspecified atom stereocenters. The number of piperidine rings is 1. The zero-order valence-corrected chi connectivity index (χ0v) is 22.0. The molecule has 4 rings (SSSR count). The summed E-state index contributed by atoms with van der Waals surface area (Å²) in [6, 6.07) is 14.4. The molecule has 0 radical (unpaired) electrons. The van der Waals surface area contributed by atoms with E-state index < -0.39 is 5.60 Å². The van der Waals surface area contributed by atoms with E-state index in [2.05, 4.69) is 30.0 Å². The van der Waals surface area contributed by atoms with Crippen LogP contribution in [0.1, 0.15) is 61.6 Å². The van der Waals surface area contributed by atoms with Crippen LogP contribution >= 0.6 is 0 Å². The molecule has 36 heavy (non-hydrogen) atoms. The van der Waals surface area contributed by atoms with E-state index in [4.69, 9.17) is 9.47 Å². The molecule has 2 aromatic rings. The Morgan fingerprint density at radius 1 is 0.972 bits per heavy atom. The first kappa shape index (κ1) is 26.5. The van der Waals surface area contributed by atoms with Crippen molar-refractivity contribution in [2.75, 3.05) is 39.4 Å². The minimum Gasteiger partial charge on any atom is -0.494 e. The van der Waals surface area contributed by atoms with Gasteiger partial charge in [-0.2, -0.15) is 0 Å². The molecule has 6 nitrogen and oxygen atoms in total. The Hall–Kier alpha value is -2.57. The van der Waals surface area contributed by atoms with Gasteiger partial charge in [0.1, 0.15) is 23.7 Å². The number of amides is 1. The Balaban J connectivity index is 1.18. The van der Waals surface area contributed by atoms with Crippen LogP contribution in [-0.2, 0) is 11.3 Å². The number of likely N-dealkylation sites (tertiary alicyclic amines) is 2. The number of benzene rings is 2. The maximum Gasteiger partial charge on any atom is 0.222 e. The highest BCUT2D eigenvalue weighted by Gasteiger charge is 2.33. The molecule has 0 spiro atoms. The van der Waals surface area contributed by atoms with Crippen LogP contribution in [0.4, 0.5) is 0 Å². The minimum absolute atomic E-state index is 0.291. The lowest BCUT2D eigenvalue weighted by Crippen LogP contribution is -2.47. The predicted molar refractivity (Wildman–Crippen MR) is 142 cm³/mol. The number of rotatable bonds is 10. The van der Waals surface area contributed by atoms with Gasteiger partial charge < -0.3 is 19.5 Å². The van der Waals surface area contributed by atoms with Gasteiger partial charge in [-0.25, -0.2) is 0 Å². The van der Waals surface area contributed by atoms with Gasteiger partial charge in [0.25, 0.3) is 0 Å². The maximum absolute atomic E-state index is 12.1. The largest absolute Gasteiger partial charge is 0.494 e. The van der Waals surface area contributed by atoms with Crippen molar-refractivity contribution in [1.82, 2.24) is 9.80 Å². The van der Waals surface area contributed by atoms with E-state index in [-0.39, 0.29) is 0 Å². The number of hydrogen-bond acceptors (Lipinski definition) is 5. The van der Waals surface area contributed by atoms with Crippen molar-refractivity contribution < 1.29 is 19.4 Å². The van der Waals surface area contributed by atoms with E-state index >= 15 is 0 Å². The number of nitrogens with zero attached hydrogens (tertiary/aromatic N) is 2. The van der Waals surface area contributed by atoms with Crippen LogP contribution in [0.2, 0.25) is 0 Å². The second kappa shape index (κ2) is 12.6. The summed E-state index contributed by atoms with van der Waals surface area (Å²) < 4.78 is 12.0. The third-order valence-electron chi connectivity index (χ3n) is 7.43. The molecule has 2 aliphatic rings. The fourth-order valence-electron chi connectivity index (χ4n) is 5.16. The highest BCUT2D eigenvalue weighted by atomic mass is 16.5. The Labute approximate surface area is 216 Å². The second-order valence-electron chi connectivity index (χ2n) is 10.6. The Bertz CT molecular complexity index is 1000. The van der Waals surface area contributed by atoms with Gasteiger partial charge >= 0.3 is 0 Å². The summed E-state index contributed by atoms with van der Waals surface area (Å²) in [4.78, 5) is 16.5. The molecule has 0 atom stereocenters. The van der Waals surface area contributed by atoms with E-state index in [9.17, 15) is 9.90 Å². The first-order valence-corrected chi connectivity index (χ1v) is 13.5. The number of hydrogen-bond donors (Lipinski definition) is 1. The Morgan fingerprint density at radius 2 is 1.81 bits per heavy atom. The van der Waals surface area contributed by atoms with Crippen LogP contribution < -0.4 is 9.47 Å². The molecular weight excluding hydrogens is 452 g/mol. The normalized spacial score (nSPS) is 18.6. The fourth-order valence-corrected chi connectivity index (χ4v) is 5.16. The molecular formula is C30H42N2O4. The van der Waals surface area contributed by atoms with Gasteiger partial charge in [-0.05, 0) is 75.3 Å². The monoisotopic (exact) mass is 494 g/mol. The first-order valence-electron chi connectivity index (χ1n) is 13.5. The van der Waals surface area contributed by atoms with Gasteiger partial charge in [-0.15, -0.1) is 0 Å². The summed E-state index contributed by atoms with van der Waals surface area (Å²) in [5.41, 5.74) is 2.75. The second-order valence-corrected chi connectivity index (χ2v) is 10.6. The predicted octanol–water partition coefficient (Wildman–Crippen LogP) is 4.88. The van der Waals surface area contributed by atoms with E-state index in [0.717, 1.165) is 75.5 Å². The summed E-state index contributed by atoms with van der Waals surface area (Å²) in [7, 11) is 0. The van der Waals surface area contributed by atoms with E-state index in [1.165, 1.54) is 11.1 Å². The van der Waals surface area contributed by atoms with Gasteiger partial charge in [-0.1, -0.05) is 36.2 Å². The zero-order chi connectivity index (χ0) is 25.4. The SMILES string of the molecule is Cc1ccc(OCC2(O)CCN(Cc3cccc(OCCCN4CCCCCC4=O)c3)CC2)c(C)c1. The molecule has 0 aliphatic carbocycles. The van der Waals surface area contributed by atoms with E-state index in [1.54, 1.807) is 0 Å². The van der Waals surface area contributed by atoms with E-state index in [1.807, 2.05) is 36.1 Å².